The van der Waals surface area contributed by atoms with Crippen molar-refractivity contribution in [2.75, 3.05) is 20.1 Å². The third-order valence-electron chi connectivity index (χ3n) is 4.34. The Morgan fingerprint density at radius 1 is 1.56 bits per heavy atom. The second-order valence-electron chi connectivity index (χ2n) is 6.02. The van der Waals surface area contributed by atoms with Crippen LogP contribution in [0.2, 0.25) is 0 Å². The average Bonchev–Trinajstić information content (AvgIpc) is 2.23. The minimum atomic E-state index is -0.595. The number of nitrogens with one attached hydrogen (secondary N) is 1. The Morgan fingerprint density at radius 2 is 2.17 bits per heavy atom. The lowest BCUT2D eigenvalue weighted by Crippen LogP contribution is -2.56. The summed E-state index contributed by atoms with van der Waals surface area (Å²) in [6.07, 6.45) is 4.86. The van der Waals surface area contributed by atoms with E-state index in [1.54, 1.807) is 0 Å². The molecule has 1 aliphatic carbocycles. The van der Waals surface area contributed by atoms with Gasteiger partial charge in [-0.2, -0.15) is 0 Å². The number of nitrogens with zero attached hydrogens (tertiary/aromatic N) is 1. The first-order valence-corrected chi connectivity index (χ1v) is 7.14. The predicted molar refractivity (Wildman–Crippen MR) is 75.3 cm³/mol. The van der Waals surface area contributed by atoms with E-state index >= 15 is 0 Å². The van der Waals surface area contributed by atoms with Gasteiger partial charge in [0.2, 0.25) is 5.91 Å². The summed E-state index contributed by atoms with van der Waals surface area (Å²) in [5.74, 6) is 0.602. The Bertz CT molecular complexity index is 278. The van der Waals surface area contributed by atoms with Crippen LogP contribution in [0, 0.1) is 5.92 Å². The number of carbonyl (C=O) groups is 1. The van der Waals surface area contributed by atoms with E-state index in [4.69, 9.17) is 5.73 Å². The minimum Gasteiger partial charge on any atom is -0.368 e. The number of amides is 1. The van der Waals surface area contributed by atoms with E-state index in [1.807, 2.05) is 13.8 Å². The molecule has 0 heterocycles. The molecule has 4 heteroatoms. The zero-order valence-electron chi connectivity index (χ0n) is 12.3. The summed E-state index contributed by atoms with van der Waals surface area (Å²) in [6.45, 7) is 7.99. The van der Waals surface area contributed by atoms with E-state index in [-0.39, 0.29) is 5.91 Å². The van der Waals surface area contributed by atoms with Crippen LogP contribution in [0.5, 0.6) is 0 Å². The molecule has 1 amide bonds. The van der Waals surface area contributed by atoms with Crippen LogP contribution in [0.3, 0.4) is 0 Å². The first kappa shape index (κ1) is 15.4. The summed E-state index contributed by atoms with van der Waals surface area (Å²) in [6, 6.07) is 0.363. The van der Waals surface area contributed by atoms with Crippen LogP contribution in [-0.4, -0.2) is 42.5 Å². The molecular weight excluding hydrogens is 226 g/mol. The SMILES string of the molecule is CCNC(C)(CC(C)N(C)CC1CCC1)C(N)=O. The molecule has 4 nitrogen and oxygen atoms in total. The van der Waals surface area contributed by atoms with Crippen molar-refractivity contribution < 1.29 is 4.79 Å². The van der Waals surface area contributed by atoms with Gasteiger partial charge in [0.25, 0.3) is 0 Å². The van der Waals surface area contributed by atoms with Crippen LogP contribution in [0.15, 0.2) is 0 Å². The number of rotatable bonds is 8. The topological polar surface area (TPSA) is 58.4 Å². The van der Waals surface area contributed by atoms with Crippen molar-refractivity contribution in [2.45, 2.75) is 58.0 Å². The number of nitrogens with two attached hydrogens (primary N) is 1. The minimum absolute atomic E-state index is 0.256. The number of hydrogen-bond acceptors (Lipinski definition) is 3. The van der Waals surface area contributed by atoms with Crippen LogP contribution in [-0.2, 0) is 4.79 Å². The molecule has 2 unspecified atom stereocenters. The van der Waals surface area contributed by atoms with Gasteiger partial charge in [-0.05, 0) is 52.6 Å². The quantitative estimate of drug-likeness (QED) is 0.688. The standard InChI is InChI=1S/C14H29N3O/c1-5-16-14(3,13(15)18)9-11(2)17(4)10-12-7-6-8-12/h11-12,16H,5-10H2,1-4H3,(H2,15,18). The summed E-state index contributed by atoms with van der Waals surface area (Å²) in [7, 11) is 2.15. The molecule has 1 aliphatic rings. The first-order chi connectivity index (χ1) is 8.39. The highest BCUT2D eigenvalue weighted by molar-refractivity contribution is 5.84. The number of carbonyl (C=O) groups excluding carboxylic acids is 1. The van der Waals surface area contributed by atoms with Gasteiger partial charge in [0.1, 0.15) is 0 Å². The molecule has 0 aromatic rings. The van der Waals surface area contributed by atoms with Crippen LogP contribution in [0.4, 0.5) is 0 Å². The molecule has 1 saturated carbocycles. The average molecular weight is 255 g/mol. The Kier molecular flexibility index (Phi) is 5.60. The van der Waals surface area contributed by atoms with Crippen LogP contribution in [0.25, 0.3) is 0 Å². The monoisotopic (exact) mass is 255 g/mol. The Hall–Kier alpha value is -0.610. The molecule has 1 fully saturated rings. The molecule has 18 heavy (non-hydrogen) atoms. The first-order valence-electron chi connectivity index (χ1n) is 7.14. The van der Waals surface area contributed by atoms with E-state index in [0.717, 1.165) is 25.4 Å². The summed E-state index contributed by atoms with van der Waals surface area (Å²) >= 11 is 0. The van der Waals surface area contributed by atoms with Gasteiger partial charge in [-0.3, -0.25) is 4.79 Å². The van der Waals surface area contributed by atoms with E-state index in [0.29, 0.717) is 6.04 Å². The molecule has 0 aromatic carbocycles. The summed E-state index contributed by atoms with van der Waals surface area (Å²) < 4.78 is 0. The van der Waals surface area contributed by atoms with E-state index in [1.165, 1.54) is 19.3 Å². The summed E-state index contributed by atoms with van der Waals surface area (Å²) in [5, 5.41) is 3.22. The van der Waals surface area contributed by atoms with Gasteiger partial charge in [-0.25, -0.2) is 0 Å². The fourth-order valence-electron chi connectivity index (χ4n) is 2.66. The second-order valence-corrected chi connectivity index (χ2v) is 6.02. The van der Waals surface area contributed by atoms with Gasteiger partial charge in [0, 0.05) is 12.6 Å². The van der Waals surface area contributed by atoms with Gasteiger partial charge in [0.05, 0.1) is 5.54 Å². The van der Waals surface area contributed by atoms with Gasteiger partial charge in [-0.1, -0.05) is 13.3 Å². The number of primary amides is 1. The highest BCUT2D eigenvalue weighted by Crippen LogP contribution is 2.28. The van der Waals surface area contributed by atoms with Crippen molar-refractivity contribution in [3.63, 3.8) is 0 Å². The van der Waals surface area contributed by atoms with E-state index < -0.39 is 5.54 Å². The summed E-state index contributed by atoms with van der Waals surface area (Å²) in [5.41, 5.74) is 4.93. The van der Waals surface area contributed by atoms with E-state index in [2.05, 4.69) is 24.2 Å². The number of hydrogen-bond donors (Lipinski definition) is 2. The number of likely N-dealkylation sites (N-methyl/N-ethyl adjacent to an activating group) is 1. The summed E-state index contributed by atoms with van der Waals surface area (Å²) in [4.78, 5) is 14.0. The molecule has 2 atom stereocenters. The van der Waals surface area contributed by atoms with Crippen molar-refractivity contribution in [3.8, 4) is 0 Å². The molecule has 106 valence electrons. The smallest absolute Gasteiger partial charge is 0.237 e. The highest BCUT2D eigenvalue weighted by Gasteiger charge is 2.33. The molecule has 0 bridgehead atoms. The molecule has 0 saturated heterocycles. The van der Waals surface area contributed by atoms with Crippen molar-refractivity contribution >= 4 is 5.91 Å². The van der Waals surface area contributed by atoms with Gasteiger partial charge < -0.3 is 16.0 Å². The van der Waals surface area contributed by atoms with Crippen LogP contribution in [0.1, 0.15) is 46.5 Å². The lowest BCUT2D eigenvalue weighted by molar-refractivity contribution is -0.124. The van der Waals surface area contributed by atoms with Gasteiger partial charge in [0.15, 0.2) is 0 Å². The fourth-order valence-corrected chi connectivity index (χ4v) is 2.66. The molecule has 3 N–H and O–H groups in total. The van der Waals surface area contributed by atoms with Crippen molar-refractivity contribution in [3.05, 3.63) is 0 Å². The van der Waals surface area contributed by atoms with Crippen molar-refractivity contribution in [2.24, 2.45) is 11.7 Å². The molecular formula is C14H29N3O. The molecule has 0 aliphatic heterocycles. The van der Waals surface area contributed by atoms with E-state index in [9.17, 15) is 4.79 Å². The fraction of sp³-hybridized carbons (Fsp3) is 0.929. The third kappa shape index (κ3) is 3.95. The Labute approximate surface area is 111 Å². The zero-order valence-corrected chi connectivity index (χ0v) is 12.3. The normalized spacial score (nSPS) is 21.4. The maximum absolute atomic E-state index is 11.6. The lowest BCUT2D eigenvalue weighted by atomic mass is 9.84. The molecule has 0 radical (unpaired) electrons. The largest absolute Gasteiger partial charge is 0.368 e. The molecule has 1 rings (SSSR count). The van der Waals surface area contributed by atoms with Gasteiger partial charge in [-0.15, -0.1) is 0 Å². The van der Waals surface area contributed by atoms with Crippen molar-refractivity contribution in [1.29, 1.82) is 0 Å². The second kappa shape index (κ2) is 6.53. The highest BCUT2D eigenvalue weighted by atomic mass is 16.1. The van der Waals surface area contributed by atoms with Crippen LogP contribution >= 0.6 is 0 Å². The van der Waals surface area contributed by atoms with Gasteiger partial charge >= 0.3 is 0 Å². The third-order valence-corrected chi connectivity index (χ3v) is 4.34. The zero-order chi connectivity index (χ0) is 13.8. The van der Waals surface area contributed by atoms with Crippen LogP contribution < -0.4 is 11.1 Å². The molecule has 0 spiro atoms. The molecule has 0 aromatic heterocycles. The lowest BCUT2D eigenvalue weighted by Gasteiger charge is -2.37. The maximum atomic E-state index is 11.6. The van der Waals surface area contributed by atoms with Crippen molar-refractivity contribution in [1.82, 2.24) is 10.2 Å². The Morgan fingerprint density at radius 3 is 2.56 bits per heavy atom. The Balaban J connectivity index is 2.48. The maximum Gasteiger partial charge on any atom is 0.237 e. The predicted octanol–water partition coefficient (Wildman–Crippen LogP) is 1.35.